The summed E-state index contributed by atoms with van der Waals surface area (Å²) in [6, 6.07) is 10.4. The average molecular weight is 312 g/mol. The maximum absolute atomic E-state index is 12.4. The smallest absolute Gasteiger partial charge is 0.237 e. The van der Waals surface area contributed by atoms with Crippen LogP contribution < -0.4 is 0 Å². The highest BCUT2D eigenvalue weighted by Crippen LogP contribution is 2.16. The van der Waals surface area contributed by atoms with E-state index in [1.807, 2.05) is 24.0 Å². The quantitative estimate of drug-likeness (QED) is 0.870. The molecule has 1 amide bonds. The van der Waals surface area contributed by atoms with Crippen LogP contribution in [0.25, 0.3) is 0 Å². The van der Waals surface area contributed by atoms with Crippen molar-refractivity contribution in [3.63, 3.8) is 0 Å². The van der Waals surface area contributed by atoms with Crippen molar-refractivity contribution in [3.8, 4) is 0 Å². The molecule has 0 spiro atoms. The highest BCUT2D eigenvalue weighted by molar-refractivity contribution is 5.79. The lowest BCUT2D eigenvalue weighted by Gasteiger charge is -2.34. The standard InChI is InChI=1S/C19H24N2O2/c1-14-8-15(2)10-17(9-14)11-21-7-6-20(13-19(21)22)12-18-5-4-16(3)23-18/h4-5,8-10H,6-7,11-13H2,1-3H3. The summed E-state index contributed by atoms with van der Waals surface area (Å²) in [5, 5.41) is 0. The number of aryl methyl sites for hydroxylation is 3. The number of carbonyl (C=O) groups excluding carboxylic acids is 1. The fourth-order valence-electron chi connectivity index (χ4n) is 3.23. The first kappa shape index (κ1) is 15.8. The molecule has 3 rings (SSSR count). The molecule has 1 fully saturated rings. The van der Waals surface area contributed by atoms with Crippen LogP contribution in [0.5, 0.6) is 0 Å². The molecule has 1 aromatic heterocycles. The van der Waals surface area contributed by atoms with Gasteiger partial charge in [-0.2, -0.15) is 0 Å². The largest absolute Gasteiger partial charge is 0.465 e. The molecule has 122 valence electrons. The van der Waals surface area contributed by atoms with E-state index >= 15 is 0 Å². The molecular weight excluding hydrogens is 288 g/mol. The number of amides is 1. The molecule has 4 heteroatoms. The molecule has 0 aliphatic carbocycles. The summed E-state index contributed by atoms with van der Waals surface area (Å²) in [5.41, 5.74) is 3.71. The van der Waals surface area contributed by atoms with Crippen LogP contribution in [-0.2, 0) is 17.9 Å². The van der Waals surface area contributed by atoms with E-state index in [1.165, 1.54) is 16.7 Å². The first-order valence-corrected chi connectivity index (χ1v) is 8.12. The first-order valence-electron chi connectivity index (χ1n) is 8.12. The minimum Gasteiger partial charge on any atom is -0.465 e. The second-order valence-corrected chi connectivity index (χ2v) is 6.53. The molecule has 2 heterocycles. The number of carbonyl (C=O) groups is 1. The van der Waals surface area contributed by atoms with Gasteiger partial charge in [0.2, 0.25) is 5.91 Å². The third-order valence-electron chi connectivity index (χ3n) is 4.23. The van der Waals surface area contributed by atoms with Gasteiger partial charge in [0.05, 0.1) is 13.1 Å². The fraction of sp³-hybridized carbons (Fsp3) is 0.421. The zero-order valence-corrected chi connectivity index (χ0v) is 14.1. The predicted molar refractivity (Wildman–Crippen MR) is 90.1 cm³/mol. The lowest BCUT2D eigenvalue weighted by atomic mass is 10.1. The highest BCUT2D eigenvalue weighted by atomic mass is 16.3. The highest BCUT2D eigenvalue weighted by Gasteiger charge is 2.24. The van der Waals surface area contributed by atoms with Gasteiger partial charge in [0.15, 0.2) is 0 Å². The Kier molecular flexibility index (Phi) is 4.53. The molecule has 0 saturated carbocycles. The Morgan fingerprint density at radius 3 is 2.35 bits per heavy atom. The summed E-state index contributed by atoms with van der Waals surface area (Å²) in [7, 11) is 0. The van der Waals surface area contributed by atoms with Gasteiger partial charge < -0.3 is 9.32 Å². The third-order valence-corrected chi connectivity index (χ3v) is 4.23. The number of furan rings is 1. The van der Waals surface area contributed by atoms with Crippen molar-refractivity contribution in [2.75, 3.05) is 19.6 Å². The van der Waals surface area contributed by atoms with Gasteiger partial charge in [0.25, 0.3) is 0 Å². The van der Waals surface area contributed by atoms with Gasteiger partial charge in [-0.15, -0.1) is 0 Å². The number of piperazine rings is 1. The average Bonchev–Trinajstić information content (AvgIpc) is 2.86. The predicted octanol–water partition coefficient (Wildman–Crippen LogP) is 3.05. The monoisotopic (exact) mass is 312 g/mol. The Labute approximate surface area is 137 Å². The molecule has 0 radical (unpaired) electrons. The zero-order valence-electron chi connectivity index (χ0n) is 14.1. The van der Waals surface area contributed by atoms with Crippen LogP contribution >= 0.6 is 0 Å². The molecule has 2 aromatic rings. The number of rotatable bonds is 4. The van der Waals surface area contributed by atoms with Crippen molar-refractivity contribution < 1.29 is 9.21 Å². The number of benzene rings is 1. The van der Waals surface area contributed by atoms with Crippen molar-refractivity contribution in [2.24, 2.45) is 0 Å². The van der Waals surface area contributed by atoms with E-state index in [9.17, 15) is 4.79 Å². The molecule has 1 saturated heterocycles. The zero-order chi connectivity index (χ0) is 16.4. The lowest BCUT2D eigenvalue weighted by Crippen LogP contribution is -2.49. The fourth-order valence-corrected chi connectivity index (χ4v) is 3.23. The maximum Gasteiger partial charge on any atom is 0.237 e. The van der Waals surface area contributed by atoms with Crippen molar-refractivity contribution in [2.45, 2.75) is 33.9 Å². The Morgan fingerprint density at radius 2 is 1.74 bits per heavy atom. The van der Waals surface area contributed by atoms with Crippen LogP contribution in [-0.4, -0.2) is 35.3 Å². The molecule has 1 aliphatic rings. The van der Waals surface area contributed by atoms with Crippen LogP contribution in [0, 0.1) is 20.8 Å². The van der Waals surface area contributed by atoms with Crippen LogP contribution in [0.2, 0.25) is 0 Å². The van der Waals surface area contributed by atoms with Gasteiger partial charge >= 0.3 is 0 Å². The van der Waals surface area contributed by atoms with Crippen molar-refractivity contribution >= 4 is 5.91 Å². The normalized spacial score (nSPS) is 16.1. The van der Waals surface area contributed by atoms with Crippen LogP contribution in [0.15, 0.2) is 34.7 Å². The van der Waals surface area contributed by atoms with Gasteiger partial charge in [0.1, 0.15) is 11.5 Å². The number of hydrogen-bond donors (Lipinski definition) is 0. The van der Waals surface area contributed by atoms with E-state index in [0.717, 1.165) is 24.6 Å². The summed E-state index contributed by atoms with van der Waals surface area (Å²) >= 11 is 0. The molecule has 0 atom stereocenters. The maximum atomic E-state index is 12.4. The molecule has 1 aromatic carbocycles. The summed E-state index contributed by atoms with van der Waals surface area (Å²) in [6.07, 6.45) is 0. The Balaban J connectivity index is 1.59. The minimum absolute atomic E-state index is 0.193. The van der Waals surface area contributed by atoms with E-state index in [2.05, 4.69) is 36.9 Å². The Morgan fingerprint density at radius 1 is 1.00 bits per heavy atom. The summed E-state index contributed by atoms with van der Waals surface area (Å²) in [4.78, 5) is 16.5. The van der Waals surface area contributed by atoms with Crippen LogP contribution in [0.1, 0.15) is 28.2 Å². The molecule has 0 unspecified atom stereocenters. The van der Waals surface area contributed by atoms with Gasteiger partial charge in [-0.1, -0.05) is 29.3 Å². The molecule has 1 aliphatic heterocycles. The van der Waals surface area contributed by atoms with Crippen LogP contribution in [0.3, 0.4) is 0 Å². The van der Waals surface area contributed by atoms with Gasteiger partial charge in [0, 0.05) is 19.6 Å². The van der Waals surface area contributed by atoms with E-state index in [-0.39, 0.29) is 5.91 Å². The van der Waals surface area contributed by atoms with E-state index in [4.69, 9.17) is 4.42 Å². The Hall–Kier alpha value is -2.07. The third kappa shape index (κ3) is 4.02. The summed E-state index contributed by atoms with van der Waals surface area (Å²) in [5.74, 6) is 2.04. The Bertz CT molecular complexity index is 685. The van der Waals surface area contributed by atoms with Crippen molar-refractivity contribution in [1.82, 2.24) is 9.80 Å². The summed E-state index contributed by atoms with van der Waals surface area (Å²) < 4.78 is 5.60. The molecule has 0 bridgehead atoms. The second-order valence-electron chi connectivity index (χ2n) is 6.53. The number of hydrogen-bond acceptors (Lipinski definition) is 3. The molecule has 0 N–H and O–H groups in total. The molecule has 23 heavy (non-hydrogen) atoms. The van der Waals surface area contributed by atoms with Gasteiger partial charge in [-0.05, 0) is 38.5 Å². The minimum atomic E-state index is 0.193. The SMILES string of the molecule is Cc1cc(C)cc(CN2CCN(Cc3ccc(C)o3)CC2=O)c1. The number of nitrogens with zero attached hydrogens (tertiary/aromatic N) is 2. The topological polar surface area (TPSA) is 36.7 Å². The van der Waals surface area contributed by atoms with Gasteiger partial charge in [-0.3, -0.25) is 9.69 Å². The van der Waals surface area contributed by atoms with Gasteiger partial charge in [-0.25, -0.2) is 0 Å². The molecule has 4 nitrogen and oxygen atoms in total. The van der Waals surface area contributed by atoms with E-state index < -0.39 is 0 Å². The second kappa shape index (κ2) is 6.59. The van der Waals surface area contributed by atoms with E-state index in [0.29, 0.717) is 19.6 Å². The summed E-state index contributed by atoms with van der Waals surface area (Å²) in [6.45, 7) is 9.66. The van der Waals surface area contributed by atoms with Crippen molar-refractivity contribution in [1.29, 1.82) is 0 Å². The molecular formula is C19H24N2O2. The lowest BCUT2D eigenvalue weighted by molar-refractivity contribution is -0.137. The van der Waals surface area contributed by atoms with E-state index in [1.54, 1.807) is 0 Å². The first-order chi connectivity index (χ1) is 11.0. The van der Waals surface area contributed by atoms with Crippen LogP contribution in [0.4, 0.5) is 0 Å². The van der Waals surface area contributed by atoms with Crippen molar-refractivity contribution in [3.05, 3.63) is 58.5 Å².